The van der Waals surface area contributed by atoms with Crippen LogP contribution in [0, 0.1) is 0 Å². The van der Waals surface area contributed by atoms with E-state index in [1.807, 2.05) is 52.0 Å². The summed E-state index contributed by atoms with van der Waals surface area (Å²) in [6.07, 6.45) is 1.74. The Kier molecular flexibility index (Phi) is 6.04. The van der Waals surface area contributed by atoms with Crippen LogP contribution in [0.15, 0.2) is 44.6 Å². The van der Waals surface area contributed by atoms with Crippen LogP contribution in [0.25, 0.3) is 17.4 Å². The molecule has 0 bridgehead atoms. The second kappa shape index (κ2) is 8.13. The highest BCUT2D eigenvalue weighted by molar-refractivity contribution is 8.18. The number of hydrogen-bond acceptors (Lipinski definition) is 4. The van der Waals surface area contributed by atoms with E-state index in [2.05, 4.69) is 4.99 Å². The fourth-order valence-corrected chi connectivity index (χ4v) is 4.26. The van der Waals surface area contributed by atoms with Crippen molar-refractivity contribution in [2.75, 3.05) is 0 Å². The van der Waals surface area contributed by atoms with Crippen molar-refractivity contribution in [2.24, 2.45) is 4.99 Å². The predicted octanol–water partition coefficient (Wildman–Crippen LogP) is 6.34. The number of carbonyl (C=O) groups is 1. The highest BCUT2D eigenvalue weighted by atomic mass is 35.5. The number of hydrogen-bond donors (Lipinski definition) is 0. The van der Waals surface area contributed by atoms with Gasteiger partial charge in [-0.15, -0.1) is 0 Å². The smallest absolute Gasteiger partial charge is 0.267 e. The van der Waals surface area contributed by atoms with Crippen molar-refractivity contribution in [3.05, 3.63) is 51.0 Å². The molecule has 7 heteroatoms. The predicted molar refractivity (Wildman–Crippen MR) is 114 cm³/mol. The zero-order valence-electron chi connectivity index (χ0n) is 15.5. The van der Waals surface area contributed by atoms with Crippen LogP contribution in [0.2, 0.25) is 10.0 Å². The number of furan rings is 1. The minimum Gasteiger partial charge on any atom is -0.457 e. The molecule has 0 radical (unpaired) electrons. The van der Waals surface area contributed by atoms with Crippen LogP contribution in [-0.2, 0) is 4.79 Å². The lowest BCUT2D eigenvalue weighted by Gasteiger charge is -2.20. The third kappa shape index (κ3) is 4.26. The molecule has 0 spiro atoms. The van der Waals surface area contributed by atoms with Crippen molar-refractivity contribution >= 4 is 52.1 Å². The van der Waals surface area contributed by atoms with Crippen LogP contribution in [0.1, 0.15) is 33.5 Å². The molecular formula is C20H20Cl2N2O2S. The van der Waals surface area contributed by atoms with Gasteiger partial charge in [-0.3, -0.25) is 14.7 Å². The Bertz CT molecular complexity index is 932. The molecule has 0 atom stereocenters. The Labute approximate surface area is 173 Å². The second-order valence-corrected chi connectivity index (χ2v) is 8.48. The van der Waals surface area contributed by atoms with Gasteiger partial charge in [-0.1, -0.05) is 29.3 Å². The van der Waals surface area contributed by atoms with Gasteiger partial charge in [-0.25, -0.2) is 0 Å². The number of amides is 1. The molecule has 142 valence electrons. The molecule has 1 aromatic heterocycles. The van der Waals surface area contributed by atoms with Crippen molar-refractivity contribution < 1.29 is 9.21 Å². The molecule has 3 rings (SSSR count). The Hall–Kier alpha value is -1.69. The third-order valence-corrected chi connectivity index (χ3v) is 5.66. The summed E-state index contributed by atoms with van der Waals surface area (Å²) in [6.45, 7) is 7.93. The van der Waals surface area contributed by atoms with Crippen LogP contribution in [0.5, 0.6) is 0 Å². The fourth-order valence-electron chi connectivity index (χ4n) is 2.65. The number of halogens is 2. The van der Waals surface area contributed by atoms with E-state index < -0.39 is 0 Å². The van der Waals surface area contributed by atoms with Gasteiger partial charge in [0.25, 0.3) is 5.91 Å². The Morgan fingerprint density at radius 1 is 1.15 bits per heavy atom. The van der Waals surface area contributed by atoms with Gasteiger partial charge in [0.1, 0.15) is 11.5 Å². The summed E-state index contributed by atoms with van der Waals surface area (Å²) >= 11 is 13.7. The molecule has 2 heterocycles. The third-order valence-electron chi connectivity index (χ3n) is 3.84. The van der Waals surface area contributed by atoms with Gasteiger partial charge in [-0.05, 0) is 63.7 Å². The largest absolute Gasteiger partial charge is 0.457 e. The minimum atomic E-state index is -0.0619. The summed E-state index contributed by atoms with van der Waals surface area (Å²) in [5.74, 6) is 1.11. The van der Waals surface area contributed by atoms with Gasteiger partial charge in [0.05, 0.1) is 15.0 Å². The first kappa shape index (κ1) is 20.1. The van der Waals surface area contributed by atoms with Gasteiger partial charge in [0.2, 0.25) is 0 Å². The van der Waals surface area contributed by atoms with E-state index in [0.29, 0.717) is 32.0 Å². The lowest BCUT2D eigenvalue weighted by atomic mass is 10.2. The summed E-state index contributed by atoms with van der Waals surface area (Å²) in [5, 5.41) is 1.63. The highest BCUT2D eigenvalue weighted by Crippen LogP contribution is 2.37. The SMILES string of the molecule is CC(C)N=C1S/C(=C\c2ccc(-c3cccc(Cl)c3Cl)o2)C(=O)N1C(C)C. The molecule has 1 aliphatic heterocycles. The van der Waals surface area contributed by atoms with E-state index >= 15 is 0 Å². The number of thioether (sulfide) groups is 1. The number of carbonyl (C=O) groups excluding carboxylic acids is 1. The summed E-state index contributed by atoms with van der Waals surface area (Å²) < 4.78 is 5.88. The Morgan fingerprint density at radius 3 is 2.56 bits per heavy atom. The summed E-state index contributed by atoms with van der Waals surface area (Å²) in [7, 11) is 0. The normalized spacial score (nSPS) is 17.9. The molecule has 27 heavy (non-hydrogen) atoms. The maximum absolute atomic E-state index is 12.8. The summed E-state index contributed by atoms with van der Waals surface area (Å²) in [5.41, 5.74) is 0.713. The molecule has 0 aliphatic carbocycles. The number of nitrogens with zero attached hydrogens (tertiary/aromatic N) is 2. The highest BCUT2D eigenvalue weighted by Gasteiger charge is 2.35. The Morgan fingerprint density at radius 2 is 1.89 bits per heavy atom. The van der Waals surface area contributed by atoms with Crippen LogP contribution < -0.4 is 0 Å². The van der Waals surface area contributed by atoms with Gasteiger partial charge in [0, 0.05) is 23.7 Å². The molecule has 1 fully saturated rings. The molecule has 1 aromatic carbocycles. The average molecular weight is 423 g/mol. The first-order chi connectivity index (χ1) is 12.8. The molecule has 0 N–H and O–H groups in total. The first-order valence-electron chi connectivity index (χ1n) is 8.63. The van der Waals surface area contributed by atoms with Gasteiger partial charge >= 0.3 is 0 Å². The van der Waals surface area contributed by atoms with Gasteiger partial charge < -0.3 is 4.42 Å². The molecule has 1 amide bonds. The number of rotatable bonds is 4. The zero-order valence-corrected chi connectivity index (χ0v) is 17.8. The number of amidine groups is 1. The second-order valence-electron chi connectivity index (χ2n) is 6.69. The average Bonchev–Trinajstić information content (AvgIpc) is 3.15. The van der Waals surface area contributed by atoms with Crippen molar-refractivity contribution in [2.45, 2.75) is 39.8 Å². The molecule has 2 aromatic rings. The molecule has 1 saturated heterocycles. The fraction of sp³-hybridized carbons (Fsp3) is 0.300. The van der Waals surface area contributed by atoms with E-state index in [-0.39, 0.29) is 18.0 Å². The monoisotopic (exact) mass is 422 g/mol. The van der Waals surface area contributed by atoms with Crippen molar-refractivity contribution in [3.63, 3.8) is 0 Å². The zero-order chi connectivity index (χ0) is 19.7. The van der Waals surface area contributed by atoms with E-state index in [1.54, 1.807) is 17.0 Å². The molecule has 0 unspecified atom stereocenters. The number of aliphatic imine (C=N–C) groups is 1. The maximum Gasteiger partial charge on any atom is 0.267 e. The molecule has 0 saturated carbocycles. The Balaban J connectivity index is 1.93. The molecule has 1 aliphatic rings. The van der Waals surface area contributed by atoms with E-state index in [1.165, 1.54) is 11.8 Å². The van der Waals surface area contributed by atoms with Crippen LogP contribution in [-0.4, -0.2) is 28.1 Å². The van der Waals surface area contributed by atoms with Gasteiger partial charge in [0.15, 0.2) is 5.17 Å². The lowest BCUT2D eigenvalue weighted by Crippen LogP contribution is -2.35. The topological polar surface area (TPSA) is 45.8 Å². The first-order valence-corrected chi connectivity index (χ1v) is 10.2. The minimum absolute atomic E-state index is 0.0332. The van der Waals surface area contributed by atoms with Gasteiger partial charge in [-0.2, -0.15) is 0 Å². The lowest BCUT2D eigenvalue weighted by molar-refractivity contribution is -0.123. The number of benzene rings is 1. The van der Waals surface area contributed by atoms with E-state index in [4.69, 9.17) is 27.6 Å². The van der Waals surface area contributed by atoms with E-state index in [9.17, 15) is 4.79 Å². The molecular weight excluding hydrogens is 403 g/mol. The van der Waals surface area contributed by atoms with E-state index in [0.717, 1.165) is 5.17 Å². The van der Waals surface area contributed by atoms with Crippen molar-refractivity contribution in [1.82, 2.24) is 4.90 Å². The maximum atomic E-state index is 12.8. The van der Waals surface area contributed by atoms with Crippen LogP contribution >= 0.6 is 35.0 Å². The van der Waals surface area contributed by atoms with Crippen LogP contribution in [0.3, 0.4) is 0 Å². The molecule has 4 nitrogen and oxygen atoms in total. The van der Waals surface area contributed by atoms with Crippen molar-refractivity contribution in [1.29, 1.82) is 0 Å². The van der Waals surface area contributed by atoms with Crippen LogP contribution in [0.4, 0.5) is 0 Å². The van der Waals surface area contributed by atoms with Crippen molar-refractivity contribution in [3.8, 4) is 11.3 Å². The summed E-state index contributed by atoms with van der Waals surface area (Å²) in [6, 6.07) is 9.15. The standard InChI is InChI=1S/C20H20Cl2N2O2S/c1-11(2)23-20-24(12(3)4)19(25)17(27-20)10-13-8-9-16(26-13)14-6-5-7-15(21)18(14)22/h5-12H,1-4H3/b17-10-,23-20?. The quantitative estimate of drug-likeness (QED) is 0.539. The summed E-state index contributed by atoms with van der Waals surface area (Å²) in [4.78, 5) is 19.7.